The molecule has 0 heterocycles. The van der Waals surface area contributed by atoms with Crippen LogP contribution in [0.1, 0.15) is 17.9 Å². The lowest BCUT2D eigenvalue weighted by molar-refractivity contribution is 0.0468. The van der Waals surface area contributed by atoms with E-state index < -0.39 is 14.8 Å². The van der Waals surface area contributed by atoms with E-state index in [4.69, 9.17) is 62.7 Å². The third-order valence-corrected chi connectivity index (χ3v) is 8.47. The van der Waals surface area contributed by atoms with Gasteiger partial charge < -0.3 is 4.74 Å². The molecular formula is C14H10BrCl5O. The number of hydrogen-bond donors (Lipinski definition) is 0. The average Bonchev–Trinajstić information content (AvgIpc) is 2.72. The van der Waals surface area contributed by atoms with Crippen LogP contribution >= 0.6 is 73.9 Å². The first-order valence-corrected chi connectivity index (χ1v) is 8.84. The summed E-state index contributed by atoms with van der Waals surface area (Å²) in [5.41, 5.74) is 0.986. The number of halogens is 6. The summed E-state index contributed by atoms with van der Waals surface area (Å²) in [4.78, 5) is -2.33. The van der Waals surface area contributed by atoms with Crippen LogP contribution in [0.5, 0.6) is 0 Å². The highest BCUT2D eigenvalue weighted by Gasteiger charge is 2.79. The van der Waals surface area contributed by atoms with Crippen LogP contribution in [0.3, 0.4) is 0 Å². The van der Waals surface area contributed by atoms with Crippen molar-refractivity contribution in [2.75, 3.05) is 7.11 Å². The number of alkyl halides is 3. The summed E-state index contributed by atoms with van der Waals surface area (Å²) in [7, 11) is 1.46. The van der Waals surface area contributed by atoms with Gasteiger partial charge in [-0.05, 0) is 24.1 Å². The minimum atomic E-state index is -1.39. The summed E-state index contributed by atoms with van der Waals surface area (Å²) in [6.45, 7) is 0. The number of benzene rings is 1. The molecule has 1 aromatic rings. The van der Waals surface area contributed by atoms with Gasteiger partial charge in [-0.3, -0.25) is 0 Å². The number of fused-ring (bicyclic) bond motifs is 2. The lowest BCUT2D eigenvalue weighted by atomic mass is 9.85. The molecule has 1 saturated carbocycles. The molecule has 0 saturated heterocycles. The molecule has 0 aliphatic heterocycles. The second-order valence-corrected chi connectivity index (χ2v) is 8.69. The van der Waals surface area contributed by atoms with Crippen LogP contribution in [0, 0.1) is 0 Å². The second kappa shape index (κ2) is 5.17. The molecule has 114 valence electrons. The van der Waals surface area contributed by atoms with Gasteiger partial charge in [-0.1, -0.05) is 62.9 Å². The molecule has 7 heteroatoms. The van der Waals surface area contributed by atoms with Crippen molar-refractivity contribution in [3.05, 3.63) is 44.4 Å². The van der Waals surface area contributed by atoms with E-state index >= 15 is 0 Å². The van der Waals surface area contributed by atoms with Gasteiger partial charge in [0.1, 0.15) is 9.75 Å². The van der Waals surface area contributed by atoms with E-state index in [9.17, 15) is 0 Å². The van der Waals surface area contributed by atoms with E-state index in [1.807, 2.05) is 24.3 Å². The Hall–Kier alpha value is 0.850. The van der Waals surface area contributed by atoms with Crippen molar-refractivity contribution in [3.63, 3.8) is 0 Å². The molecule has 1 aromatic carbocycles. The van der Waals surface area contributed by atoms with Gasteiger partial charge in [-0.15, -0.1) is 23.2 Å². The summed E-state index contributed by atoms with van der Waals surface area (Å²) < 4.78 is 6.46. The fraction of sp³-hybridized carbons (Fsp3) is 0.429. The lowest BCUT2D eigenvalue weighted by Gasteiger charge is -2.37. The zero-order valence-corrected chi connectivity index (χ0v) is 16.1. The first kappa shape index (κ1) is 16.7. The van der Waals surface area contributed by atoms with Crippen molar-refractivity contribution in [1.29, 1.82) is 0 Å². The van der Waals surface area contributed by atoms with Crippen molar-refractivity contribution >= 4 is 73.9 Å². The maximum atomic E-state index is 6.85. The van der Waals surface area contributed by atoms with Gasteiger partial charge in [0.15, 0.2) is 5.06 Å². The molecule has 21 heavy (non-hydrogen) atoms. The molecule has 2 bridgehead atoms. The van der Waals surface area contributed by atoms with Gasteiger partial charge in [-0.25, -0.2) is 0 Å². The molecule has 0 aromatic heterocycles. The van der Waals surface area contributed by atoms with Crippen LogP contribution in [0.4, 0.5) is 0 Å². The van der Waals surface area contributed by atoms with Crippen molar-refractivity contribution in [2.45, 2.75) is 27.1 Å². The van der Waals surface area contributed by atoms with E-state index in [-0.39, 0.29) is 16.0 Å². The Labute approximate surface area is 156 Å². The molecule has 1 nitrogen and oxygen atoms in total. The van der Waals surface area contributed by atoms with Crippen molar-refractivity contribution in [2.24, 2.45) is 0 Å². The monoisotopic (exact) mass is 448 g/mol. The van der Waals surface area contributed by atoms with Gasteiger partial charge in [0, 0.05) is 17.5 Å². The third-order valence-electron chi connectivity index (χ3n) is 4.36. The predicted molar refractivity (Wildman–Crippen MR) is 93.0 cm³/mol. The Morgan fingerprint density at radius 3 is 2.14 bits per heavy atom. The van der Waals surface area contributed by atoms with Gasteiger partial charge >= 0.3 is 0 Å². The van der Waals surface area contributed by atoms with Gasteiger partial charge in [0.2, 0.25) is 0 Å². The summed E-state index contributed by atoms with van der Waals surface area (Å²) in [6.07, 6.45) is 0.450. The Balaban J connectivity index is 2.18. The fourth-order valence-electron chi connectivity index (χ4n) is 3.28. The highest BCUT2D eigenvalue weighted by Crippen LogP contribution is 2.75. The van der Waals surface area contributed by atoms with E-state index in [2.05, 4.69) is 15.9 Å². The van der Waals surface area contributed by atoms with Gasteiger partial charge in [0.25, 0.3) is 0 Å². The lowest BCUT2D eigenvalue weighted by Crippen LogP contribution is -2.50. The van der Waals surface area contributed by atoms with Crippen LogP contribution in [-0.2, 0) is 4.74 Å². The molecule has 2 aliphatic carbocycles. The van der Waals surface area contributed by atoms with E-state index in [1.54, 1.807) is 0 Å². The highest BCUT2D eigenvalue weighted by atomic mass is 79.9. The SMILES string of the molecule is CO[C@]1(Cl)[C@@]2(Cl)C[C@H](c3ccc(Br)cc3)[C@]1(Cl)C(Cl)=C2Cl. The molecular weight excluding hydrogens is 441 g/mol. The summed E-state index contributed by atoms with van der Waals surface area (Å²) in [5.74, 6) is -0.197. The molecule has 0 N–H and O–H groups in total. The van der Waals surface area contributed by atoms with Crippen LogP contribution in [0.2, 0.25) is 0 Å². The van der Waals surface area contributed by atoms with Crippen LogP contribution in [0.25, 0.3) is 0 Å². The zero-order chi connectivity index (χ0) is 15.6. The summed E-state index contributed by atoms with van der Waals surface area (Å²) in [5, 5.41) is -0.863. The maximum Gasteiger partial charge on any atom is 0.189 e. The normalized spacial score (nSPS) is 42.0. The Morgan fingerprint density at radius 1 is 1.10 bits per heavy atom. The average molecular weight is 451 g/mol. The van der Waals surface area contributed by atoms with E-state index in [1.165, 1.54) is 7.11 Å². The molecule has 1 fully saturated rings. The second-order valence-electron chi connectivity index (χ2n) is 5.25. The van der Waals surface area contributed by atoms with Crippen LogP contribution in [0.15, 0.2) is 38.8 Å². The van der Waals surface area contributed by atoms with Crippen molar-refractivity contribution in [1.82, 2.24) is 0 Å². The number of ether oxygens (including phenoxy) is 1. The van der Waals surface area contributed by atoms with Crippen LogP contribution in [-0.4, -0.2) is 21.9 Å². The molecule has 0 unspecified atom stereocenters. The van der Waals surface area contributed by atoms with Crippen molar-refractivity contribution < 1.29 is 4.74 Å². The molecule has 0 radical (unpaired) electrons. The predicted octanol–water partition coefficient (Wildman–Crippen LogP) is 6.18. The maximum absolute atomic E-state index is 6.85. The Kier molecular flexibility index (Phi) is 4.11. The summed E-state index contributed by atoms with van der Waals surface area (Å²) in [6, 6.07) is 7.80. The molecule has 4 atom stereocenters. The minimum absolute atomic E-state index is 0.197. The fourth-order valence-corrected chi connectivity index (χ4v) is 5.98. The van der Waals surface area contributed by atoms with Crippen molar-refractivity contribution in [3.8, 4) is 0 Å². The smallest absolute Gasteiger partial charge is 0.189 e. The quantitative estimate of drug-likeness (QED) is 0.489. The number of rotatable bonds is 2. The van der Waals surface area contributed by atoms with E-state index in [0.29, 0.717) is 6.42 Å². The summed E-state index contributed by atoms with van der Waals surface area (Å²) >= 11 is 36.3. The Morgan fingerprint density at radius 2 is 1.67 bits per heavy atom. The third kappa shape index (κ3) is 1.88. The van der Waals surface area contributed by atoms with E-state index in [0.717, 1.165) is 10.0 Å². The molecule has 3 rings (SSSR count). The topological polar surface area (TPSA) is 9.23 Å². The molecule has 0 amide bonds. The largest absolute Gasteiger partial charge is 0.358 e. The van der Waals surface area contributed by atoms with Crippen LogP contribution < -0.4 is 0 Å². The minimum Gasteiger partial charge on any atom is -0.358 e. The highest BCUT2D eigenvalue weighted by molar-refractivity contribution is 9.10. The first-order chi connectivity index (χ1) is 9.72. The first-order valence-electron chi connectivity index (χ1n) is 6.16. The Bertz CT molecular complexity index is 633. The number of methoxy groups -OCH3 is 1. The number of hydrogen-bond acceptors (Lipinski definition) is 1. The molecule has 0 spiro atoms. The van der Waals surface area contributed by atoms with Gasteiger partial charge in [0.05, 0.1) is 10.1 Å². The standard InChI is InChI=1S/C14H10BrCl5O/c1-21-14(20)12(18)6-9(7-2-4-8(15)5-3-7)13(14,19)11(17)10(12)16/h2-5,9H,6H2,1H3/t9-,12-,13+,14-/m1/s1. The van der Waals surface area contributed by atoms with Gasteiger partial charge in [-0.2, -0.15) is 0 Å². The molecule has 2 aliphatic rings. The zero-order valence-electron chi connectivity index (χ0n) is 10.8.